The van der Waals surface area contributed by atoms with Gasteiger partial charge in [-0.25, -0.2) is 14.4 Å². The molecule has 0 unspecified atom stereocenters. The van der Waals surface area contributed by atoms with Gasteiger partial charge < -0.3 is 0 Å². The molecule has 1 N–H and O–H groups in total. The number of fused-ring (bicyclic) bond motifs is 7. The van der Waals surface area contributed by atoms with Gasteiger partial charge in [0, 0.05) is 11.1 Å². The number of hydrogen-bond donors (Lipinski definition) is 1. The number of aryl methyl sites for hydroxylation is 1. The van der Waals surface area contributed by atoms with Gasteiger partial charge in [0.1, 0.15) is 9.53 Å². The first-order valence-electron chi connectivity index (χ1n) is 8.86. The van der Waals surface area contributed by atoms with Gasteiger partial charge in [-0.05, 0) is 61.2 Å². The molecule has 0 radical (unpaired) electrons. The molecule has 0 aliphatic heterocycles. The molecule has 1 aliphatic carbocycles. The third-order valence-electron chi connectivity index (χ3n) is 5.03. The van der Waals surface area contributed by atoms with E-state index in [-0.39, 0.29) is 0 Å². The Bertz CT molecular complexity index is 1230. The zero-order valence-electron chi connectivity index (χ0n) is 14.9. The molecule has 0 saturated carbocycles. The number of thiophene rings is 1. The van der Waals surface area contributed by atoms with Gasteiger partial charge in [-0.2, -0.15) is 5.10 Å². The third kappa shape index (κ3) is 2.28. The first-order valence-corrected chi connectivity index (χ1v) is 11.3. The average molecular weight is 402 g/mol. The number of nitrogens with zero attached hydrogens (tertiary/aromatic N) is 4. The number of pyridine rings is 1. The lowest BCUT2D eigenvalue weighted by molar-refractivity contribution is 0.632. The van der Waals surface area contributed by atoms with Crippen LogP contribution in [0.3, 0.4) is 0 Å². The van der Waals surface area contributed by atoms with Crippen LogP contribution in [0.25, 0.3) is 26.1 Å². The maximum Gasteiger partial charge on any atom is 0.201 e. The number of aromatic nitrogens is 5. The SMILES string of the molecule is CSc1nc2c(sc3nc(CC(C)C)c4c(c32)CCC4)c2n[nH]c(=S)n12. The monoisotopic (exact) mass is 401 g/mol. The largest absolute Gasteiger partial charge is 0.251 e. The van der Waals surface area contributed by atoms with E-state index < -0.39 is 0 Å². The maximum atomic E-state index is 5.41. The van der Waals surface area contributed by atoms with Crippen LogP contribution in [-0.2, 0) is 19.3 Å². The molecule has 0 amide bonds. The number of nitrogens with one attached hydrogen (secondary N) is 1. The van der Waals surface area contributed by atoms with Crippen LogP contribution < -0.4 is 0 Å². The zero-order valence-corrected chi connectivity index (χ0v) is 17.4. The second-order valence-electron chi connectivity index (χ2n) is 7.21. The standard InChI is InChI=1S/C18H19N5S3/c1-8(2)7-11-9-5-4-6-10(9)12-13-14(26-16(12)19-11)15-21-22-17(24)23(15)18(20-13)25-3/h8H,4-7H2,1-3H3,(H,22,24). The van der Waals surface area contributed by atoms with E-state index in [4.69, 9.17) is 22.2 Å². The molecule has 8 heteroatoms. The number of H-pyrrole nitrogens is 1. The molecular weight excluding hydrogens is 382 g/mol. The van der Waals surface area contributed by atoms with Crippen LogP contribution in [0.4, 0.5) is 0 Å². The summed E-state index contributed by atoms with van der Waals surface area (Å²) in [5, 5.41) is 9.54. The smallest absolute Gasteiger partial charge is 0.201 e. The average Bonchev–Trinajstić information content (AvgIpc) is 3.29. The minimum absolute atomic E-state index is 0.592. The van der Waals surface area contributed by atoms with Crippen molar-refractivity contribution < 1.29 is 0 Å². The van der Waals surface area contributed by atoms with Gasteiger partial charge >= 0.3 is 0 Å². The first kappa shape index (κ1) is 16.6. The van der Waals surface area contributed by atoms with E-state index in [0.717, 1.165) is 45.1 Å². The van der Waals surface area contributed by atoms with E-state index in [2.05, 4.69) is 24.0 Å². The van der Waals surface area contributed by atoms with Gasteiger partial charge in [-0.3, -0.25) is 5.10 Å². The van der Waals surface area contributed by atoms with Crippen LogP contribution in [0.2, 0.25) is 0 Å². The minimum Gasteiger partial charge on any atom is -0.251 e. The second-order valence-corrected chi connectivity index (χ2v) is 9.37. The Labute approximate surface area is 164 Å². The molecule has 4 aromatic rings. The van der Waals surface area contributed by atoms with Crippen molar-refractivity contribution in [2.75, 3.05) is 6.26 Å². The van der Waals surface area contributed by atoms with Crippen molar-refractivity contribution in [1.82, 2.24) is 24.6 Å². The quantitative estimate of drug-likeness (QED) is 0.299. The summed E-state index contributed by atoms with van der Waals surface area (Å²) in [4.78, 5) is 11.2. The summed E-state index contributed by atoms with van der Waals surface area (Å²) < 4.78 is 3.61. The van der Waals surface area contributed by atoms with Crippen LogP contribution in [0.15, 0.2) is 5.16 Å². The lowest BCUT2D eigenvalue weighted by atomic mass is 9.99. The van der Waals surface area contributed by atoms with Crippen molar-refractivity contribution in [3.63, 3.8) is 0 Å². The summed E-state index contributed by atoms with van der Waals surface area (Å²) in [6.45, 7) is 4.53. The molecule has 0 saturated heterocycles. The Morgan fingerprint density at radius 1 is 1.27 bits per heavy atom. The molecule has 0 spiro atoms. The lowest BCUT2D eigenvalue weighted by Gasteiger charge is -2.11. The summed E-state index contributed by atoms with van der Waals surface area (Å²) in [5.74, 6) is 0.608. The summed E-state index contributed by atoms with van der Waals surface area (Å²) in [7, 11) is 0. The van der Waals surface area contributed by atoms with E-state index in [1.807, 2.05) is 10.7 Å². The van der Waals surface area contributed by atoms with Crippen molar-refractivity contribution in [2.24, 2.45) is 5.92 Å². The highest BCUT2D eigenvalue weighted by atomic mass is 32.2. The van der Waals surface area contributed by atoms with Gasteiger partial charge in [-0.1, -0.05) is 25.6 Å². The van der Waals surface area contributed by atoms with Gasteiger partial charge in [0.2, 0.25) is 4.77 Å². The van der Waals surface area contributed by atoms with Gasteiger partial charge in [0.05, 0.1) is 5.52 Å². The molecule has 134 valence electrons. The van der Waals surface area contributed by atoms with Crippen molar-refractivity contribution in [3.05, 3.63) is 21.6 Å². The van der Waals surface area contributed by atoms with Crippen LogP contribution in [-0.4, -0.2) is 30.8 Å². The minimum atomic E-state index is 0.592. The van der Waals surface area contributed by atoms with Crippen molar-refractivity contribution in [1.29, 1.82) is 0 Å². The number of hydrogen-bond acceptors (Lipinski definition) is 6. The highest BCUT2D eigenvalue weighted by Crippen LogP contribution is 2.41. The number of aromatic amines is 1. The zero-order chi connectivity index (χ0) is 18.0. The Hall–Kier alpha value is -1.51. The van der Waals surface area contributed by atoms with Crippen LogP contribution in [0.1, 0.15) is 37.1 Å². The van der Waals surface area contributed by atoms with Crippen LogP contribution >= 0.6 is 35.3 Å². The van der Waals surface area contributed by atoms with E-state index >= 15 is 0 Å². The molecule has 0 bridgehead atoms. The predicted molar refractivity (Wildman–Crippen MR) is 111 cm³/mol. The van der Waals surface area contributed by atoms with Crippen molar-refractivity contribution in [3.8, 4) is 0 Å². The van der Waals surface area contributed by atoms with Crippen LogP contribution in [0.5, 0.6) is 0 Å². The highest BCUT2D eigenvalue weighted by molar-refractivity contribution is 7.98. The van der Waals surface area contributed by atoms with E-state index in [1.165, 1.54) is 28.6 Å². The Morgan fingerprint density at radius 3 is 2.85 bits per heavy atom. The number of rotatable bonds is 3. The molecule has 4 heterocycles. The molecule has 0 fully saturated rings. The Kier molecular flexibility index (Phi) is 3.84. The van der Waals surface area contributed by atoms with Crippen molar-refractivity contribution in [2.45, 2.75) is 44.7 Å². The molecule has 5 rings (SSSR count). The third-order valence-corrected chi connectivity index (χ3v) is 7.01. The molecule has 26 heavy (non-hydrogen) atoms. The summed E-state index contributed by atoms with van der Waals surface area (Å²) in [6, 6.07) is 0. The number of thioether (sulfide) groups is 1. The molecule has 4 aromatic heterocycles. The summed E-state index contributed by atoms with van der Waals surface area (Å²) in [5.41, 5.74) is 6.13. The highest BCUT2D eigenvalue weighted by Gasteiger charge is 2.25. The molecule has 0 atom stereocenters. The molecule has 1 aliphatic rings. The van der Waals surface area contributed by atoms with Gasteiger partial charge in [-0.15, -0.1) is 11.3 Å². The summed E-state index contributed by atoms with van der Waals surface area (Å²) >= 11 is 8.71. The molecule has 0 aromatic carbocycles. The Balaban J connectivity index is 1.94. The first-order chi connectivity index (χ1) is 12.6. The lowest BCUT2D eigenvalue weighted by Crippen LogP contribution is -2.03. The second kappa shape index (κ2) is 6.00. The fourth-order valence-corrected chi connectivity index (χ4v) is 5.98. The maximum absolute atomic E-state index is 5.41. The molecular formula is C18H19N5S3. The van der Waals surface area contributed by atoms with Gasteiger partial charge in [0.15, 0.2) is 10.8 Å². The van der Waals surface area contributed by atoms with E-state index in [9.17, 15) is 0 Å². The fraction of sp³-hybridized carbons (Fsp3) is 0.444. The predicted octanol–water partition coefficient (Wildman–Crippen LogP) is 4.96. The van der Waals surface area contributed by atoms with E-state index in [1.54, 1.807) is 23.1 Å². The summed E-state index contributed by atoms with van der Waals surface area (Å²) in [6.07, 6.45) is 6.55. The normalized spacial score (nSPS) is 14.3. The van der Waals surface area contributed by atoms with Crippen LogP contribution in [0, 0.1) is 10.7 Å². The van der Waals surface area contributed by atoms with E-state index in [0.29, 0.717) is 10.7 Å². The topological polar surface area (TPSA) is 58.9 Å². The van der Waals surface area contributed by atoms with Gasteiger partial charge in [0.25, 0.3) is 0 Å². The molecule has 5 nitrogen and oxygen atoms in total. The van der Waals surface area contributed by atoms with Crippen molar-refractivity contribution >= 4 is 61.4 Å². The Morgan fingerprint density at radius 2 is 2.08 bits per heavy atom. The fourth-order valence-electron chi connectivity index (χ4n) is 4.01.